The van der Waals surface area contributed by atoms with E-state index in [-0.39, 0.29) is 5.91 Å². The Morgan fingerprint density at radius 1 is 1.00 bits per heavy atom. The molecule has 2 atom stereocenters. The number of ether oxygens (including phenoxy) is 1. The van der Waals surface area contributed by atoms with Crippen LogP contribution in [0.4, 0.5) is 11.4 Å². The molecule has 1 aliphatic carbocycles. The van der Waals surface area contributed by atoms with E-state index in [2.05, 4.69) is 28.2 Å². The number of anilines is 2. The summed E-state index contributed by atoms with van der Waals surface area (Å²) in [4.78, 5) is 14.7. The smallest absolute Gasteiger partial charge is 0.253 e. The summed E-state index contributed by atoms with van der Waals surface area (Å²) in [6.45, 7) is 7.62. The minimum atomic E-state index is 0.0582. The summed E-state index contributed by atoms with van der Waals surface area (Å²) in [5, 5.41) is 4.84. The van der Waals surface area contributed by atoms with Crippen molar-refractivity contribution in [1.29, 1.82) is 0 Å². The molecule has 1 amide bonds. The zero-order valence-corrected chi connectivity index (χ0v) is 17.3. The molecule has 152 valence electrons. The predicted octanol–water partition coefficient (Wildman–Crippen LogP) is 5.06. The van der Waals surface area contributed by atoms with Gasteiger partial charge in [0.05, 0.1) is 0 Å². The summed E-state index contributed by atoms with van der Waals surface area (Å²) in [6.07, 6.45) is 4.06. The lowest BCUT2D eigenvalue weighted by atomic mass is 10.00. The SMILES string of the molecule is CCN(CC)C(=O)c1ccc2c(c1)Oc1ccccc1N2N1CC2CCC(C2)C1. The van der Waals surface area contributed by atoms with Crippen molar-refractivity contribution >= 4 is 17.3 Å². The van der Waals surface area contributed by atoms with Crippen molar-refractivity contribution in [3.63, 3.8) is 0 Å². The summed E-state index contributed by atoms with van der Waals surface area (Å²) in [5.74, 6) is 3.25. The molecule has 2 fully saturated rings. The van der Waals surface area contributed by atoms with Crippen LogP contribution in [0, 0.1) is 11.8 Å². The third kappa shape index (κ3) is 3.18. The molecule has 2 aliphatic heterocycles. The van der Waals surface area contributed by atoms with Crippen molar-refractivity contribution in [3.05, 3.63) is 48.0 Å². The first-order valence-corrected chi connectivity index (χ1v) is 10.9. The van der Waals surface area contributed by atoms with Crippen LogP contribution in [0.5, 0.6) is 11.5 Å². The average molecular weight is 392 g/mol. The van der Waals surface area contributed by atoms with Gasteiger partial charge in [-0.1, -0.05) is 12.1 Å². The largest absolute Gasteiger partial charge is 0.453 e. The van der Waals surface area contributed by atoms with Gasteiger partial charge >= 0.3 is 0 Å². The molecule has 0 spiro atoms. The number of rotatable bonds is 4. The van der Waals surface area contributed by atoms with Crippen molar-refractivity contribution in [3.8, 4) is 11.5 Å². The summed E-state index contributed by atoms with van der Waals surface area (Å²) in [5.41, 5.74) is 2.80. The molecular formula is C24H29N3O2. The Kier molecular flexibility index (Phi) is 4.70. The molecule has 29 heavy (non-hydrogen) atoms. The van der Waals surface area contributed by atoms with E-state index >= 15 is 0 Å². The Balaban J connectivity index is 1.54. The Labute approximate surface area is 172 Å². The molecule has 5 rings (SSSR count). The maximum Gasteiger partial charge on any atom is 0.253 e. The molecular weight excluding hydrogens is 362 g/mol. The van der Waals surface area contributed by atoms with E-state index in [9.17, 15) is 4.79 Å². The van der Waals surface area contributed by atoms with Crippen LogP contribution < -0.4 is 9.75 Å². The maximum absolute atomic E-state index is 12.9. The second kappa shape index (κ2) is 7.38. The maximum atomic E-state index is 12.9. The predicted molar refractivity (Wildman–Crippen MR) is 115 cm³/mol. The molecule has 2 bridgehead atoms. The highest BCUT2D eigenvalue weighted by Crippen LogP contribution is 2.49. The molecule has 5 heteroatoms. The zero-order chi connectivity index (χ0) is 20.0. The van der Waals surface area contributed by atoms with Crippen molar-refractivity contribution < 1.29 is 9.53 Å². The van der Waals surface area contributed by atoms with Gasteiger partial charge in [0.1, 0.15) is 11.4 Å². The number of piperidine rings is 1. The second-order valence-electron chi connectivity index (χ2n) is 8.46. The van der Waals surface area contributed by atoms with Crippen molar-refractivity contribution in [2.45, 2.75) is 33.1 Å². The minimum Gasteiger partial charge on any atom is -0.453 e. The van der Waals surface area contributed by atoms with E-state index < -0.39 is 0 Å². The van der Waals surface area contributed by atoms with Gasteiger partial charge < -0.3 is 9.64 Å². The lowest BCUT2D eigenvalue weighted by Gasteiger charge is -2.44. The molecule has 3 aliphatic rings. The number of amides is 1. The van der Waals surface area contributed by atoms with Crippen molar-refractivity contribution in [2.24, 2.45) is 11.8 Å². The second-order valence-corrected chi connectivity index (χ2v) is 8.46. The van der Waals surface area contributed by atoms with Gasteiger partial charge in [-0.25, -0.2) is 5.01 Å². The average Bonchev–Trinajstić information content (AvgIpc) is 3.09. The number of hydrogen-bond acceptors (Lipinski definition) is 4. The number of nitrogens with zero attached hydrogens (tertiary/aromatic N) is 3. The van der Waals surface area contributed by atoms with E-state index in [1.54, 1.807) is 0 Å². The summed E-state index contributed by atoms with van der Waals surface area (Å²) in [7, 11) is 0. The third-order valence-corrected chi connectivity index (χ3v) is 6.67. The summed E-state index contributed by atoms with van der Waals surface area (Å²) in [6, 6.07) is 14.1. The first-order chi connectivity index (χ1) is 14.2. The number of hydrogen-bond donors (Lipinski definition) is 0. The first kappa shape index (κ1) is 18.5. The molecule has 2 heterocycles. The monoisotopic (exact) mass is 391 g/mol. The van der Waals surface area contributed by atoms with Crippen LogP contribution in [0.3, 0.4) is 0 Å². The van der Waals surface area contributed by atoms with Crippen LogP contribution in [0.15, 0.2) is 42.5 Å². The molecule has 0 radical (unpaired) electrons. The van der Waals surface area contributed by atoms with Crippen LogP contribution in [0.25, 0.3) is 0 Å². The zero-order valence-electron chi connectivity index (χ0n) is 17.3. The first-order valence-electron chi connectivity index (χ1n) is 10.9. The number of carbonyl (C=O) groups excluding carboxylic acids is 1. The molecule has 2 unspecified atom stereocenters. The van der Waals surface area contributed by atoms with Crippen LogP contribution >= 0.6 is 0 Å². The molecule has 1 saturated heterocycles. The van der Waals surface area contributed by atoms with E-state index in [0.29, 0.717) is 18.7 Å². The van der Waals surface area contributed by atoms with Gasteiger partial charge in [0, 0.05) is 31.7 Å². The Morgan fingerprint density at radius 3 is 2.41 bits per heavy atom. The van der Waals surface area contributed by atoms with Gasteiger partial charge in [-0.05, 0) is 75.3 Å². The number of carbonyl (C=O) groups is 1. The number of para-hydroxylation sites is 2. The number of fused-ring (bicyclic) bond motifs is 4. The fourth-order valence-electron chi connectivity index (χ4n) is 5.21. The minimum absolute atomic E-state index is 0.0582. The number of hydrazine groups is 1. The molecule has 2 aromatic carbocycles. The van der Waals surface area contributed by atoms with Crippen LogP contribution in [0.1, 0.15) is 43.5 Å². The van der Waals surface area contributed by atoms with E-state index in [1.807, 2.05) is 43.0 Å². The van der Waals surface area contributed by atoms with Crippen LogP contribution in [0.2, 0.25) is 0 Å². The van der Waals surface area contributed by atoms with Gasteiger partial charge in [0.25, 0.3) is 5.91 Å². The number of benzene rings is 2. The van der Waals surface area contributed by atoms with Crippen molar-refractivity contribution in [1.82, 2.24) is 9.91 Å². The quantitative estimate of drug-likeness (QED) is 0.730. The summed E-state index contributed by atoms with van der Waals surface area (Å²) < 4.78 is 6.27. The van der Waals surface area contributed by atoms with Crippen LogP contribution in [-0.4, -0.2) is 42.0 Å². The highest BCUT2D eigenvalue weighted by molar-refractivity contribution is 5.96. The molecule has 2 aromatic rings. The standard InChI is InChI=1S/C24H29N3O2/c1-3-25(4-2)24(28)19-11-12-21-23(14-19)29-22-8-6-5-7-20(22)27(21)26-15-17-9-10-18(13-17)16-26/h5-8,11-12,14,17-18H,3-4,9-10,13,15-16H2,1-2H3. The van der Waals surface area contributed by atoms with E-state index in [4.69, 9.17) is 4.74 Å². The van der Waals surface area contributed by atoms with Gasteiger partial charge in [-0.15, -0.1) is 0 Å². The van der Waals surface area contributed by atoms with E-state index in [1.165, 1.54) is 19.3 Å². The lowest BCUT2D eigenvalue weighted by Crippen LogP contribution is -2.47. The highest BCUT2D eigenvalue weighted by Gasteiger charge is 2.38. The molecule has 0 N–H and O–H groups in total. The molecule has 0 aromatic heterocycles. The lowest BCUT2D eigenvalue weighted by molar-refractivity contribution is 0.0772. The third-order valence-electron chi connectivity index (χ3n) is 6.67. The van der Waals surface area contributed by atoms with Gasteiger partial charge in [-0.3, -0.25) is 9.80 Å². The van der Waals surface area contributed by atoms with Gasteiger partial charge in [-0.2, -0.15) is 0 Å². The topological polar surface area (TPSA) is 36.0 Å². The molecule has 1 saturated carbocycles. The molecule has 5 nitrogen and oxygen atoms in total. The van der Waals surface area contributed by atoms with Gasteiger partial charge in [0.2, 0.25) is 0 Å². The normalized spacial score (nSPS) is 22.6. The Morgan fingerprint density at radius 2 is 1.69 bits per heavy atom. The fraction of sp³-hybridized carbons (Fsp3) is 0.458. The summed E-state index contributed by atoms with van der Waals surface area (Å²) >= 11 is 0. The highest BCUT2D eigenvalue weighted by atomic mass is 16.5. The van der Waals surface area contributed by atoms with E-state index in [0.717, 1.165) is 47.8 Å². The van der Waals surface area contributed by atoms with Crippen LogP contribution in [-0.2, 0) is 0 Å². The fourth-order valence-corrected chi connectivity index (χ4v) is 5.21. The van der Waals surface area contributed by atoms with Gasteiger partial charge in [0.15, 0.2) is 11.5 Å². The Bertz CT molecular complexity index is 912. The Hall–Kier alpha value is -2.53. The van der Waals surface area contributed by atoms with Crippen molar-refractivity contribution in [2.75, 3.05) is 31.2 Å².